The lowest BCUT2D eigenvalue weighted by Gasteiger charge is -2.28. The van der Waals surface area contributed by atoms with Gasteiger partial charge < -0.3 is 15.0 Å². The Morgan fingerprint density at radius 3 is 2.48 bits per heavy atom. The first-order valence-electron chi connectivity index (χ1n) is 10.2. The minimum absolute atomic E-state index is 0.0721. The van der Waals surface area contributed by atoms with Gasteiger partial charge in [0.1, 0.15) is 17.2 Å². The van der Waals surface area contributed by atoms with Crippen LogP contribution in [0.15, 0.2) is 78.9 Å². The molecular formula is C25H25N2O2+. The van der Waals surface area contributed by atoms with Crippen LogP contribution in [0.5, 0.6) is 5.75 Å². The normalized spacial score (nSPS) is 22.9. The maximum absolute atomic E-state index is 14.0. The van der Waals surface area contributed by atoms with Crippen LogP contribution >= 0.6 is 0 Å². The van der Waals surface area contributed by atoms with E-state index in [2.05, 4.69) is 47.8 Å². The average Bonchev–Trinajstić information content (AvgIpc) is 3.32. The van der Waals surface area contributed by atoms with Gasteiger partial charge in [0.15, 0.2) is 0 Å². The van der Waals surface area contributed by atoms with E-state index in [1.54, 1.807) is 7.11 Å². The molecule has 2 heterocycles. The highest BCUT2D eigenvalue weighted by Crippen LogP contribution is 2.51. The first-order valence-corrected chi connectivity index (χ1v) is 10.2. The Kier molecular flexibility index (Phi) is 4.36. The molecule has 29 heavy (non-hydrogen) atoms. The number of carbonyl (C=O) groups excluding carboxylic acids is 1. The maximum atomic E-state index is 14.0. The van der Waals surface area contributed by atoms with E-state index >= 15 is 0 Å². The monoisotopic (exact) mass is 385 g/mol. The molecule has 5 rings (SSSR count). The van der Waals surface area contributed by atoms with E-state index in [1.807, 2.05) is 41.3 Å². The molecule has 4 nitrogen and oxygen atoms in total. The van der Waals surface area contributed by atoms with Crippen LogP contribution in [0.25, 0.3) is 0 Å². The predicted octanol–water partition coefficient (Wildman–Crippen LogP) is 3.19. The van der Waals surface area contributed by atoms with Gasteiger partial charge in [0.05, 0.1) is 20.2 Å². The van der Waals surface area contributed by atoms with Crippen molar-refractivity contribution in [2.45, 2.75) is 24.4 Å². The number of rotatable bonds is 4. The van der Waals surface area contributed by atoms with Crippen LogP contribution in [-0.4, -0.2) is 19.6 Å². The number of ether oxygens (including phenoxy) is 1. The highest BCUT2D eigenvalue weighted by Gasteiger charge is 2.60. The topological polar surface area (TPSA) is 46.1 Å². The lowest BCUT2D eigenvalue weighted by atomic mass is 9.73. The molecule has 3 aromatic carbocycles. The van der Waals surface area contributed by atoms with Gasteiger partial charge in [-0.3, -0.25) is 4.79 Å². The number of amides is 1. The molecule has 0 aliphatic carbocycles. The van der Waals surface area contributed by atoms with Crippen molar-refractivity contribution in [1.29, 1.82) is 0 Å². The third-order valence-electron chi connectivity index (χ3n) is 6.43. The van der Waals surface area contributed by atoms with Crippen molar-refractivity contribution < 1.29 is 14.8 Å². The predicted molar refractivity (Wildman–Crippen MR) is 113 cm³/mol. The number of anilines is 1. The van der Waals surface area contributed by atoms with Crippen molar-refractivity contribution in [2.24, 2.45) is 0 Å². The summed E-state index contributed by atoms with van der Waals surface area (Å²) in [4.78, 5) is 16.0. The summed E-state index contributed by atoms with van der Waals surface area (Å²) in [6, 6.07) is 26.8. The Hall–Kier alpha value is -3.11. The Balaban J connectivity index is 1.59. The molecule has 0 unspecified atom stereocenters. The van der Waals surface area contributed by atoms with E-state index in [9.17, 15) is 4.79 Å². The van der Waals surface area contributed by atoms with Gasteiger partial charge in [0.25, 0.3) is 0 Å². The lowest BCUT2D eigenvalue weighted by molar-refractivity contribution is -0.679. The van der Waals surface area contributed by atoms with E-state index in [0.717, 1.165) is 35.5 Å². The molecule has 0 saturated carbocycles. The van der Waals surface area contributed by atoms with Crippen LogP contribution in [0, 0.1) is 0 Å². The molecule has 2 aliphatic heterocycles. The molecule has 1 fully saturated rings. The van der Waals surface area contributed by atoms with Gasteiger partial charge in [-0.05, 0) is 41.5 Å². The SMILES string of the molecule is COc1ccc([C@H]2[NH2+]CC[C@@]23C(=O)N(Cc2ccccc2)c2ccccc23)cc1. The Morgan fingerprint density at radius 1 is 1.00 bits per heavy atom. The number of hydrogen-bond donors (Lipinski definition) is 1. The fourth-order valence-electron chi connectivity index (χ4n) is 5.08. The van der Waals surface area contributed by atoms with Gasteiger partial charge in [-0.25, -0.2) is 0 Å². The van der Waals surface area contributed by atoms with Crippen molar-refractivity contribution in [3.8, 4) is 5.75 Å². The molecule has 2 atom stereocenters. The van der Waals surface area contributed by atoms with Crippen molar-refractivity contribution in [2.75, 3.05) is 18.6 Å². The standard InChI is InChI=1S/C25H24N2O2/c1-29-20-13-11-19(12-14-20)23-25(15-16-26-23)21-9-5-6-10-22(21)27(24(25)28)17-18-7-3-2-4-8-18/h2-14,23,26H,15-17H2,1H3/p+1/t23-,25+/m1/s1. The van der Waals surface area contributed by atoms with Gasteiger partial charge in [-0.1, -0.05) is 48.5 Å². The van der Waals surface area contributed by atoms with E-state index in [4.69, 9.17) is 4.74 Å². The first kappa shape index (κ1) is 18.0. The minimum Gasteiger partial charge on any atom is -0.497 e. The Labute approximate surface area is 171 Å². The molecule has 1 saturated heterocycles. The van der Waals surface area contributed by atoms with Crippen LogP contribution in [0.4, 0.5) is 5.69 Å². The summed E-state index contributed by atoms with van der Waals surface area (Å²) in [6.07, 6.45) is 0.852. The fraction of sp³-hybridized carbons (Fsp3) is 0.240. The molecular weight excluding hydrogens is 360 g/mol. The van der Waals surface area contributed by atoms with E-state index in [1.165, 1.54) is 5.56 Å². The van der Waals surface area contributed by atoms with Gasteiger partial charge >= 0.3 is 0 Å². The van der Waals surface area contributed by atoms with Crippen LogP contribution in [-0.2, 0) is 16.8 Å². The number of nitrogens with two attached hydrogens (primary N) is 1. The quantitative estimate of drug-likeness (QED) is 0.750. The Bertz CT molecular complexity index is 1030. The number of methoxy groups -OCH3 is 1. The zero-order chi connectivity index (χ0) is 19.8. The molecule has 2 aliphatic rings. The summed E-state index contributed by atoms with van der Waals surface area (Å²) in [6.45, 7) is 1.55. The zero-order valence-electron chi connectivity index (χ0n) is 16.5. The van der Waals surface area contributed by atoms with Crippen LogP contribution < -0.4 is 15.0 Å². The van der Waals surface area contributed by atoms with Crippen molar-refractivity contribution in [3.05, 3.63) is 95.6 Å². The van der Waals surface area contributed by atoms with Crippen LogP contribution in [0.2, 0.25) is 0 Å². The van der Waals surface area contributed by atoms with E-state index in [-0.39, 0.29) is 11.9 Å². The van der Waals surface area contributed by atoms with E-state index in [0.29, 0.717) is 6.54 Å². The summed E-state index contributed by atoms with van der Waals surface area (Å²) < 4.78 is 5.32. The summed E-state index contributed by atoms with van der Waals surface area (Å²) in [5.74, 6) is 1.06. The molecule has 3 aromatic rings. The molecule has 1 spiro atoms. The molecule has 0 aromatic heterocycles. The molecule has 146 valence electrons. The molecule has 0 radical (unpaired) electrons. The third kappa shape index (κ3) is 2.75. The second kappa shape index (κ2) is 7.05. The fourth-order valence-corrected chi connectivity index (χ4v) is 5.08. The van der Waals surface area contributed by atoms with E-state index < -0.39 is 5.41 Å². The second-order valence-corrected chi connectivity index (χ2v) is 7.89. The average molecular weight is 385 g/mol. The summed E-state index contributed by atoms with van der Waals surface area (Å²) in [7, 11) is 1.68. The third-order valence-corrected chi connectivity index (χ3v) is 6.43. The number of hydrogen-bond acceptors (Lipinski definition) is 2. The largest absolute Gasteiger partial charge is 0.497 e. The Morgan fingerprint density at radius 2 is 1.72 bits per heavy atom. The lowest BCUT2D eigenvalue weighted by Crippen LogP contribution is -2.83. The molecule has 1 amide bonds. The second-order valence-electron chi connectivity index (χ2n) is 7.89. The number of carbonyl (C=O) groups is 1. The first-order chi connectivity index (χ1) is 14.2. The van der Waals surface area contributed by atoms with Crippen molar-refractivity contribution in [3.63, 3.8) is 0 Å². The summed E-state index contributed by atoms with van der Waals surface area (Å²) in [5, 5.41) is 2.32. The van der Waals surface area contributed by atoms with Crippen molar-refractivity contribution in [1.82, 2.24) is 0 Å². The van der Waals surface area contributed by atoms with Crippen LogP contribution in [0.1, 0.15) is 29.2 Å². The number of para-hydroxylation sites is 1. The smallest absolute Gasteiger partial charge is 0.244 e. The van der Waals surface area contributed by atoms with Gasteiger partial charge in [-0.15, -0.1) is 0 Å². The molecule has 0 bridgehead atoms. The van der Waals surface area contributed by atoms with Crippen LogP contribution in [0.3, 0.4) is 0 Å². The van der Waals surface area contributed by atoms with Gasteiger partial charge in [0.2, 0.25) is 5.91 Å². The number of fused-ring (bicyclic) bond motifs is 2. The van der Waals surface area contributed by atoms with Gasteiger partial charge in [0, 0.05) is 17.7 Å². The summed E-state index contributed by atoms with van der Waals surface area (Å²) >= 11 is 0. The summed E-state index contributed by atoms with van der Waals surface area (Å²) in [5.41, 5.74) is 4.02. The highest BCUT2D eigenvalue weighted by molar-refractivity contribution is 6.08. The molecule has 2 N–H and O–H groups in total. The highest BCUT2D eigenvalue weighted by atomic mass is 16.5. The minimum atomic E-state index is -0.514. The van der Waals surface area contributed by atoms with Gasteiger partial charge in [-0.2, -0.15) is 0 Å². The number of quaternary nitrogens is 1. The van der Waals surface area contributed by atoms with Crippen molar-refractivity contribution >= 4 is 11.6 Å². The zero-order valence-corrected chi connectivity index (χ0v) is 16.5. The number of nitrogens with zero attached hydrogens (tertiary/aromatic N) is 1. The number of benzene rings is 3. The maximum Gasteiger partial charge on any atom is 0.244 e. The molecule has 4 heteroatoms.